The number of urea groups is 1. The van der Waals surface area contributed by atoms with Gasteiger partial charge in [0, 0.05) is 6.04 Å². The van der Waals surface area contributed by atoms with Crippen LogP contribution in [0.25, 0.3) is 0 Å². The van der Waals surface area contributed by atoms with Gasteiger partial charge >= 0.3 is 12.0 Å². The molecule has 0 saturated heterocycles. The highest BCUT2D eigenvalue weighted by Gasteiger charge is 2.25. The van der Waals surface area contributed by atoms with Crippen molar-refractivity contribution in [3.63, 3.8) is 0 Å². The highest BCUT2D eigenvalue weighted by molar-refractivity contribution is 7.13. The van der Waals surface area contributed by atoms with Crippen LogP contribution in [-0.2, 0) is 6.54 Å². The second-order valence-corrected chi connectivity index (χ2v) is 6.22. The van der Waals surface area contributed by atoms with E-state index in [1.54, 1.807) is 6.92 Å². The summed E-state index contributed by atoms with van der Waals surface area (Å²) < 4.78 is 0. The zero-order valence-electron chi connectivity index (χ0n) is 11.6. The first kappa shape index (κ1) is 14.8. The van der Waals surface area contributed by atoms with Gasteiger partial charge in [-0.15, -0.1) is 11.3 Å². The largest absolute Gasteiger partial charge is 0.477 e. The Morgan fingerprint density at radius 2 is 2.20 bits per heavy atom. The van der Waals surface area contributed by atoms with Crippen LogP contribution >= 0.6 is 11.3 Å². The predicted molar refractivity (Wildman–Crippen MR) is 76.0 cm³/mol. The van der Waals surface area contributed by atoms with Crippen molar-refractivity contribution in [1.29, 1.82) is 0 Å². The molecule has 1 unspecified atom stereocenters. The summed E-state index contributed by atoms with van der Waals surface area (Å²) in [5, 5.41) is 15.2. The molecule has 0 radical (unpaired) electrons. The number of carboxylic acid groups (broad SMARTS) is 1. The lowest BCUT2D eigenvalue weighted by molar-refractivity contribution is 0.0701. The first-order valence-corrected chi connectivity index (χ1v) is 7.53. The van der Waals surface area contributed by atoms with E-state index in [1.165, 1.54) is 19.3 Å². The number of hydrogen-bond acceptors (Lipinski definition) is 4. The van der Waals surface area contributed by atoms with Crippen LogP contribution in [0.15, 0.2) is 0 Å². The van der Waals surface area contributed by atoms with Crippen LogP contribution in [0.4, 0.5) is 4.79 Å². The van der Waals surface area contributed by atoms with Crippen LogP contribution in [-0.4, -0.2) is 28.1 Å². The zero-order valence-corrected chi connectivity index (χ0v) is 12.4. The molecule has 1 saturated carbocycles. The van der Waals surface area contributed by atoms with Crippen molar-refractivity contribution in [3.05, 3.63) is 15.6 Å². The summed E-state index contributed by atoms with van der Waals surface area (Å²) in [6, 6.07) is -0.0505. The van der Waals surface area contributed by atoms with Crippen molar-refractivity contribution < 1.29 is 14.7 Å². The molecule has 7 heteroatoms. The van der Waals surface area contributed by atoms with Gasteiger partial charge in [0.25, 0.3) is 0 Å². The fourth-order valence-electron chi connectivity index (χ4n) is 2.20. The van der Waals surface area contributed by atoms with E-state index in [9.17, 15) is 9.59 Å². The Hall–Kier alpha value is -1.63. The second kappa shape index (κ2) is 6.21. The lowest BCUT2D eigenvalue weighted by Crippen LogP contribution is -2.45. The van der Waals surface area contributed by atoms with Gasteiger partial charge in [-0.25, -0.2) is 14.6 Å². The number of carbonyl (C=O) groups is 2. The molecular formula is C13H19N3O3S. The van der Waals surface area contributed by atoms with E-state index in [1.807, 2.05) is 6.92 Å². The number of nitrogens with zero attached hydrogens (tertiary/aromatic N) is 1. The van der Waals surface area contributed by atoms with E-state index in [4.69, 9.17) is 5.11 Å². The molecule has 1 aliphatic rings. The Labute approximate surface area is 121 Å². The molecule has 1 aliphatic carbocycles. The monoisotopic (exact) mass is 297 g/mol. The van der Waals surface area contributed by atoms with Crippen LogP contribution in [0, 0.1) is 12.8 Å². The first-order valence-electron chi connectivity index (χ1n) is 6.71. The van der Waals surface area contributed by atoms with Crippen LogP contribution in [0.2, 0.25) is 0 Å². The fourth-order valence-corrected chi connectivity index (χ4v) is 3.04. The lowest BCUT2D eigenvalue weighted by Gasteiger charge is -2.31. The van der Waals surface area contributed by atoms with Gasteiger partial charge in [-0.05, 0) is 32.6 Å². The van der Waals surface area contributed by atoms with Crippen LogP contribution in [0.3, 0.4) is 0 Å². The number of carboxylic acids is 1. The van der Waals surface area contributed by atoms with Gasteiger partial charge in [-0.2, -0.15) is 0 Å². The van der Waals surface area contributed by atoms with Crippen LogP contribution in [0.1, 0.15) is 46.6 Å². The summed E-state index contributed by atoms with van der Waals surface area (Å²) in [5.41, 5.74) is 0.488. The third-order valence-corrected chi connectivity index (χ3v) is 4.80. The number of aryl methyl sites for hydroxylation is 1. The summed E-state index contributed by atoms with van der Waals surface area (Å²) in [4.78, 5) is 27.0. The third-order valence-electron chi connectivity index (χ3n) is 3.65. The molecule has 2 amide bonds. The first-order chi connectivity index (χ1) is 9.47. The van der Waals surface area contributed by atoms with Gasteiger partial charge < -0.3 is 15.7 Å². The Bertz CT molecular complexity index is 511. The SMILES string of the molecule is Cc1nc(CNC(=O)NC(C)C2CCC2)sc1C(=O)O. The Kier molecular flexibility index (Phi) is 4.59. The van der Waals surface area contributed by atoms with E-state index in [0.717, 1.165) is 11.3 Å². The van der Waals surface area contributed by atoms with Gasteiger partial charge in [-0.3, -0.25) is 0 Å². The highest BCUT2D eigenvalue weighted by Crippen LogP contribution is 2.29. The van der Waals surface area contributed by atoms with Crippen molar-refractivity contribution in [1.82, 2.24) is 15.6 Å². The van der Waals surface area contributed by atoms with Gasteiger partial charge in [0.2, 0.25) is 0 Å². The molecule has 6 nitrogen and oxygen atoms in total. The molecule has 1 aromatic heterocycles. The number of aromatic nitrogens is 1. The molecule has 20 heavy (non-hydrogen) atoms. The normalized spacial score (nSPS) is 16.3. The van der Waals surface area contributed by atoms with E-state index < -0.39 is 5.97 Å². The maximum atomic E-state index is 11.7. The summed E-state index contributed by atoms with van der Waals surface area (Å²) in [7, 11) is 0. The smallest absolute Gasteiger partial charge is 0.347 e. The maximum absolute atomic E-state index is 11.7. The summed E-state index contributed by atoms with van der Waals surface area (Å²) in [6.07, 6.45) is 3.60. The number of rotatable bonds is 5. The molecule has 110 valence electrons. The molecule has 0 spiro atoms. The fraction of sp³-hybridized carbons (Fsp3) is 0.615. The molecule has 3 N–H and O–H groups in total. The van der Waals surface area contributed by atoms with Gasteiger partial charge in [0.15, 0.2) is 0 Å². The Morgan fingerprint density at radius 1 is 1.50 bits per heavy atom. The third kappa shape index (κ3) is 3.47. The number of nitrogens with one attached hydrogen (secondary N) is 2. The molecule has 0 bridgehead atoms. The Balaban J connectivity index is 1.80. The standard InChI is InChI=1S/C13H19N3O3S/c1-7(9-4-3-5-9)16-13(19)14-6-10-15-8(2)11(20-10)12(17)18/h7,9H,3-6H2,1-2H3,(H,17,18)(H2,14,16,19). The van der Waals surface area contributed by atoms with E-state index >= 15 is 0 Å². The second-order valence-electron chi connectivity index (χ2n) is 5.13. The van der Waals surface area contributed by atoms with Crippen molar-refractivity contribution in [2.45, 2.75) is 45.7 Å². The number of aromatic carboxylic acids is 1. The minimum atomic E-state index is -0.977. The molecule has 2 rings (SSSR count). The Morgan fingerprint density at radius 3 is 2.70 bits per heavy atom. The molecule has 1 heterocycles. The molecule has 0 aromatic carbocycles. The molecule has 1 aromatic rings. The zero-order chi connectivity index (χ0) is 14.7. The van der Waals surface area contributed by atoms with Gasteiger partial charge in [0.05, 0.1) is 12.2 Å². The van der Waals surface area contributed by atoms with Crippen LogP contribution < -0.4 is 10.6 Å². The number of thiazole rings is 1. The van der Waals surface area contributed by atoms with Crippen molar-refractivity contribution in [3.8, 4) is 0 Å². The van der Waals surface area contributed by atoms with E-state index in [2.05, 4.69) is 15.6 Å². The summed E-state index contributed by atoms with van der Waals surface area (Å²) in [6.45, 7) is 3.92. The number of amides is 2. The van der Waals surface area contributed by atoms with Crippen LogP contribution in [0.5, 0.6) is 0 Å². The van der Waals surface area contributed by atoms with Crippen molar-refractivity contribution >= 4 is 23.3 Å². The molecular weight excluding hydrogens is 278 g/mol. The quantitative estimate of drug-likeness (QED) is 0.776. The van der Waals surface area contributed by atoms with Crippen molar-refractivity contribution in [2.24, 2.45) is 5.92 Å². The minimum absolute atomic E-state index is 0.177. The average molecular weight is 297 g/mol. The predicted octanol–water partition coefficient (Wildman–Crippen LogP) is 2.14. The number of hydrogen-bond donors (Lipinski definition) is 3. The minimum Gasteiger partial charge on any atom is -0.477 e. The maximum Gasteiger partial charge on any atom is 0.347 e. The van der Waals surface area contributed by atoms with Gasteiger partial charge in [-0.1, -0.05) is 6.42 Å². The summed E-state index contributed by atoms with van der Waals surface area (Å²) in [5.74, 6) is -0.393. The van der Waals surface area contributed by atoms with Gasteiger partial charge in [0.1, 0.15) is 9.88 Å². The topological polar surface area (TPSA) is 91.3 Å². The van der Waals surface area contributed by atoms with E-state index in [-0.39, 0.29) is 23.5 Å². The molecule has 1 atom stereocenters. The number of carbonyl (C=O) groups excluding carboxylic acids is 1. The molecule has 0 aliphatic heterocycles. The highest BCUT2D eigenvalue weighted by atomic mass is 32.1. The van der Waals surface area contributed by atoms with Crippen molar-refractivity contribution in [2.75, 3.05) is 0 Å². The lowest BCUT2D eigenvalue weighted by atomic mass is 9.80. The average Bonchev–Trinajstić information content (AvgIpc) is 2.65. The van der Waals surface area contributed by atoms with E-state index in [0.29, 0.717) is 16.6 Å². The summed E-state index contributed by atoms with van der Waals surface area (Å²) >= 11 is 1.10. The molecule has 1 fully saturated rings.